The third kappa shape index (κ3) is 5.99. The number of carbonyl (C=O) groups excluding carboxylic acids is 1. The molecule has 4 aromatic rings. The maximum atomic E-state index is 13.2. The van der Waals surface area contributed by atoms with Gasteiger partial charge in [-0.1, -0.05) is 117 Å². The smallest absolute Gasteiger partial charge is 0.407 e. The van der Waals surface area contributed by atoms with E-state index in [0.717, 1.165) is 44.4 Å². The molecule has 0 bridgehead atoms. The number of carbonyl (C=O) groups is 2. The molecular formula is C38H46N2O4. The van der Waals surface area contributed by atoms with Crippen molar-refractivity contribution >= 4 is 23.0 Å². The van der Waals surface area contributed by atoms with Crippen molar-refractivity contribution in [3.8, 4) is 11.1 Å². The zero-order valence-corrected chi connectivity index (χ0v) is 27.5. The summed E-state index contributed by atoms with van der Waals surface area (Å²) >= 11 is 0. The third-order valence-corrected chi connectivity index (χ3v) is 8.78. The minimum absolute atomic E-state index is 0.101. The number of aromatic amines is 1. The van der Waals surface area contributed by atoms with Crippen molar-refractivity contribution in [3.05, 3.63) is 94.2 Å². The highest BCUT2D eigenvalue weighted by Gasteiger charge is 2.33. The van der Waals surface area contributed by atoms with Crippen molar-refractivity contribution in [2.75, 3.05) is 6.61 Å². The van der Waals surface area contributed by atoms with Gasteiger partial charge in [-0.2, -0.15) is 0 Å². The molecule has 1 aromatic heterocycles. The number of rotatable bonds is 6. The molecule has 1 atom stereocenters. The molecule has 44 heavy (non-hydrogen) atoms. The number of nitrogens with one attached hydrogen (secondary N) is 2. The summed E-state index contributed by atoms with van der Waals surface area (Å²) in [5.41, 5.74) is 9.26. The van der Waals surface area contributed by atoms with Crippen LogP contribution in [0.25, 0.3) is 22.0 Å². The van der Waals surface area contributed by atoms with E-state index in [-0.39, 0.29) is 35.2 Å². The summed E-state index contributed by atoms with van der Waals surface area (Å²) in [4.78, 5) is 29.5. The van der Waals surface area contributed by atoms with Crippen LogP contribution >= 0.6 is 0 Å². The zero-order chi connectivity index (χ0) is 32.2. The molecule has 0 saturated carbocycles. The highest BCUT2D eigenvalue weighted by Crippen LogP contribution is 2.45. The monoisotopic (exact) mass is 594 g/mol. The average molecular weight is 595 g/mol. The van der Waals surface area contributed by atoms with Crippen LogP contribution in [0.2, 0.25) is 0 Å². The average Bonchev–Trinajstić information content (AvgIpc) is 3.46. The quantitative estimate of drug-likeness (QED) is 0.208. The van der Waals surface area contributed by atoms with Crippen molar-refractivity contribution in [1.82, 2.24) is 10.3 Å². The van der Waals surface area contributed by atoms with Gasteiger partial charge < -0.3 is 20.1 Å². The van der Waals surface area contributed by atoms with Crippen molar-refractivity contribution < 1.29 is 19.4 Å². The summed E-state index contributed by atoms with van der Waals surface area (Å²) in [6, 6.07) is 19.6. The summed E-state index contributed by atoms with van der Waals surface area (Å²) < 4.78 is 5.73. The predicted octanol–water partition coefficient (Wildman–Crippen LogP) is 8.59. The number of amides is 1. The van der Waals surface area contributed by atoms with E-state index in [2.05, 4.69) is 109 Å². The van der Waals surface area contributed by atoms with Gasteiger partial charge in [-0.25, -0.2) is 9.59 Å². The normalized spacial score (nSPS) is 14.3. The molecule has 0 fully saturated rings. The van der Waals surface area contributed by atoms with E-state index in [1.54, 1.807) is 0 Å². The van der Waals surface area contributed by atoms with E-state index in [1.807, 2.05) is 24.3 Å². The highest BCUT2D eigenvalue weighted by atomic mass is 16.5. The molecular weight excluding hydrogens is 548 g/mol. The van der Waals surface area contributed by atoms with Gasteiger partial charge in [0.15, 0.2) is 0 Å². The number of ether oxygens (including phenoxy) is 1. The van der Waals surface area contributed by atoms with Crippen molar-refractivity contribution in [3.63, 3.8) is 0 Å². The first-order chi connectivity index (χ1) is 20.5. The molecule has 6 nitrogen and oxygen atoms in total. The number of H-pyrrole nitrogens is 1. The lowest BCUT2D eigenvalue weighted by molar-refractivity contribution is -0.139. The Balaban J connectivity index is 1.46. The molecule has 1 aliphatic rings. The van der Waals surface area contributed by atoms with Crippen LogP contribution in [0.4, 0.5) is 4.79 Å². The zero-order valence-electron chi connectivity index (χ0n) is 27.5. The fraction of sp³-hybridized carbons (Fsp3) is 0.421. The molecule has 1 unspecified atom stereocenters. The first kappa shape index (κ1) is 31.4. The molecule has 6 heteroatoms. The summed E-state index contributed by atoms with van der Waals surface area (Å²) in [5, 5.41) is 14.0. The minimum Gasteiger partial charge on any atom is -0.480 e. The number of hydrogen-bond acceptors (Lipinski definition) is 3. The number of aromatic nitrogens is 1. The standard InChI is InChI=1S/C38H46N2O4/c1-36(2,3)22-18-27-28(33(38(7,8)9)40-32(27)30(19-22)37(4,5)6)20-31(34(41)42)39-35(43)44-21-29-25-16-12-10-14-23(25)24-15-11-13-17-26(24)29/h10-19,29,31,40H,20-21H2,1-9H3,(H,39,43)(H,41,42). The summed E-state index contributed by atoms with van der Waals surface area (Å²) in [7, 11) is 0. The number of aliphatic carboxylic acids is 1. The van der Waals surface area contributed by atoms with Gasteiger partial charge in [0.05, 0.1) is 0 Å². The second-order valence-corrected chi connectivity index (χ2v) is 15.2. The van der Waals surface area contributed by atoms with Crippen LogP contribution in [-0.2, 0) is 32.2 Å². The number of carboxylic acids is 1. The second kappa shape index (κ2) is 11.1. The Kier molecular flexibility index (Phi) is 7.94. The van der Waals surface area contributed by atoms with E-state index in [0.29, 0.717) is 0 Å². The topological polar surface area (TPSA) is 91.4 Å². The Morgan fingerprint density at radius 2 is 1.41 bits per heavy atom. The van der Waals surface area contributed by atoms with E-state index in [9.17, 15) is 14.7 Å². The summed E-state index contributed by atoms with van der Waals surface area (Å²) in [5.74, 6) is -1.21. The van der Waals surface area contributed by atoms with Gasteiger partial charge in [0.25, 0.3) is 0 Å². The molecule has 1 amide bonds. The first-order valence-corrected chi connectivity index (χ1v) is 15.5. The van der Waals surface area contributed by atoms with Crippen LogP contribution in [0.5, 0.6) is 0 Å². The van der Waals surface area contributed by atoms with Crippen LogP contribution < -0.4 is 5.32 Å². The molecule has 3 N–H and O–H groups in total. The molecule has 1 heterocycles. The Labute approximate surface area is 261 Å². The van der Waals surface area contributed by atoms with Gasteiger partial charge >= 0.3 is 12.1 Å². The first-order valence-electron chi connectivity index (χ1n) is 15.5. The van der Waals surface area contributed by atoms with E-state index >= 15 is 0 Å². The number of fused-ring (bicyclic) bond motifs is 4. The molecule has 5 rings (SSSR count). The maximum Gasteiger partial charge on any atom is 0.407 e. The van der Waals surface area contributed by atoms with Crippen LogP contribution in [-0.4, -0.2) is 34.8 Å². The van der Waals surface area contributed by atoms with Gasteiger partial charge in [0.2, 0.25) is 0 Å². The Bertz CT molecular complexity index is 1680. The van der Waals surface area contributed by atoms with Crippen molar-refractivity contribution in [2.24, 2.45) is 0 Å². The fourth-order valence-electron chi connectivity index (χ4n) is 6.41. The predicted molar refractivity (Wildman–Crippen MR) is 178 cm³/mol. The number of hydrogen-bond donors (Lipinski definition) is 3. The Morgan fingerprint density at radius 1 is 0.841 bits per heavy atom. The summed E-state index contributed by atoms with van der Waals surface area (Å²) in [6.07, 6.45) is -0.606. The number of benzene rings is 3. The Hall–Kier alpha value is -4.06. The highest BCUT2D eigenvalue weighted by molar-refractivity contribution is 5.91. The lowest BCUT2D eigenvalue weighted by atomic mass is 9.78. The lowest BCUT2D eigenvalue weighted by Gasteiger charge is -2.26. The van der Waals surface area contributed by atoms with Gasteiger partial charge in [0.1, 0.15) is 12.6 Å². The van der Waals surface area contributed by atoms with Crippen LogP contribution in [0.15, 0.2) is 60.7 Å². The van der Waals surface area contributed by atoms with Crippen molar-refractivity contribution in [2.45, 2.75) is 96.9 Å². The number of alkyl carbamates (subject to hydrolysis) is 1. The molecule has 232 valence electrons. The molecule has 0 saturated heterocycles. The van der Waals surface area contributed by atoms with Crippen LogP contribution in [0.3, 0.4) is 0 Å². The van der Waals surface area contributed by atoms with Gasteiger partial charge in [-0.05, 0) is 55.8 Å². The van der Waals surface area contributed by atoms with E-state index in [1.165, 1.54) is 11.1 Å². The molecule has 0 radical (unpaired) electrons. The molecule has 1 aliphatic carbocycles. The van der Waals surface area contributed by atoms with Gasteiger partial charge in [-0.3, -0.25) is 0 Å². The van der Waals surface area contributed by atoms with Crippen molar-refractivity contribution in [1.29, 1.82) is 0 Å². The maximum absolute atomic E-state index is 13.2. The third-order valence-electron chi connectivity index (χ3n) is 8.78. The minimum atomic E-state index is -1.16. The second-order valence-electron chi connectivity index (χ2n) is 15.2. The number of carboxylic acid groups (broad SMARTS) is 1. The van der Waals surface area contributed by atoms with Gasteiger partial charge in [-0.15, -0.1) is 0 Å². The largest absolute Gasteiger partial charge is 0.480 e. The van der Waals surface area contributed by atoms with Crippen LogP contribution in [0, 0.1) is 0 Å². The lowest BCUT2D eigenvalue weighted by Crippen LogP contribution is -2.43. The Morgan fingerprint density at radius 3 is 1.91 bits per heavy atom. The SMILES string of the molecule is CC(C)(C)c1cc(C(C)(C)C)c2[nH]c(C(C)(C)C)c(CC(NC(=O)OCC3c4ccccc4-c4ccccc43)C(=O)O)c2c1. The van der Waals surface area contributed by atoms with Crippen LogP contribution in [0.1, 0.15) is 102 Å². The fourth-order valence-corrected chi connectivity index (χ4v) is 6.41. The van der Waals surface area contributed by atoms with E-state index < -0.39 is 18.1 Å². The summed E-state index contributed by atoms with van der Waals surface area (Å²) in [6.45, 7) is 19.7. The van der Waals surface area contributed by atoms with E-state index in [4.69, 9.17) is 4.74 Å². The molecule has 3 aromatic carbocycles. The molecule has 0 aliphatic heterocycles. The van der Waals surface area contributed by atoms with Gasteiger partial charge in [0, 0.05) is 34.4 Å². The molecule has 0 spiro atoms.